The molecule has 0 amide bonds. The summed E-state index contributed by atoms with van der Waals surface area (Å²) < 4.78 is 8.61. The van der Waals surface area contributed by atoms with Crippen LogP contribution >= 0.6 is 11.8 Å². The topological polar surface area (TPSA) is 111 Å². The fraction of sp³-hybridized carbons (Fsp3) is 0.192. The van der Waals surface area contributed by atoms with Gasteiger partial charge in [-0.25, -0.2) is 4.57 Å². The lowest BCUT2D eigenvalue weighted by Crippen LogP contribution is -2.22. The van der Waals surface area contributed by atoms with Crippen molar-refractivity contribution in [1.29, 1.82) is 0 Å². The summed E-state index contributed by atoms with van der Waals surface area (Å²) in [5, 5.41) is 9.60. The highest BCUT2D eigenvalue weighted by Gasteiger charge is 2.22. The van der Waals surface area contributed by atoms with Gasteiger partial charge in [0.15, 0.2) is 16.7 Å². The average molecular weight is 502 g/mol. The molecule has 0 saturated heterocycles. The average Bonchev–Trinajstić information content (AvgIpc) is 3.43. The third-order valence-electron chi connectivity index (χ3n) is 6.11. The Morgan fingerprint density at radius 3 is 2.58 bits per heavy atom. The Balaban J connectivity index is 1.60. The van der Waals surface area contributed by atoms with Crippen molar-refractivity contribution in [2.24, 2.45) is 0 Å². The number of methoxy groups -OCH3 is 1. The number of fused-ring (bicyclic) bond motifs is 3. The van der Waals surface area contributed by atoms with Crippen molar-refractivity contribution in [2.75, 3.05) is 12.9 Å². The summed E-state index contributed by atoms with van der Waals surface area (Å²) in [6.45, 7) is 5.04. The van der Waals surface area contributed by atoms with E-state index in [0.29, 0.717) is 55.8 Å². The number of aromatic nitrogens is 5. The highest BCUT2D eigenvalue weighted by Crippen LogP contribution is 2.26. The molecule has 0 aliphatic carbocycles. The van der Waals surface area contributed by atoms with E-state index in [2.05, 4.69) is 15.2 Å². The fourth-order valence-corrected chi connectivity index (χ4v) is 5.33. The Hall–Kier alpha value is -4.18. The van der Waals surface area contributed by atoms with Gasteiger partial charge in [0.1, 0.15) is 5.75 Å². The second-order valence-electron chi connectivity index (χ2n) is 8.37. The summed E-state index contributed by atoms with van der Waals surface area (Å²) in [5.41, 5.74) is 3.28. The zero-order chi connectivity index (χ0) is 25.6. The second kappa shape index (κ2) is 9.12. The predicted molar refractivity (Wildman–Crippen MR) is 138 cm³/mol. The van der Waals surface area contributed by atoms with Gasteiger partial charge in [-0.2, -0.15) is 0 Å². The van der Waals surface area contributed by atoms with E-state index in [1.807, 2.05) is 12.1 Å². The number of carbonyl (C=O) groups excluding carboxylic acids is 2. The van der Waals surface area contributed by atoms with Crippen molar-refractivity contribution in [3.05, 3.63) is 81.4 Å². The van der Waals surface area contributed by atoms with E-state index >= 15 is 0 Å². The molecule has 0 aliphatic rings. The number of carbonyl (C=O) groups is 2. The number of rotatable bonds is 7. The molecule has 36 heavy (non-hydrogen) atoms. The Kier molecular flexibility index (Phi) is 5.97. The van der Waals surface area contributed by atoms with Crippen LogP contribution in [0.1, 0.15) is 39.0 Å². The maximum atomic E-state index is 13.5. The minimum absolute atomic E-state index is 0.0749. The molecule has 10 heteroatoms. The number of hydrogen-bond acceptors (Lipinski definition) is 7. The van der Waals surface area contributed by atoms with E-state index in [4.69, 9.17) is 4.74 Å². The molecule has 9 nitrogen and oxygen atoms in total. The van der Waals surface area contributed by atoms with Gasteiger partial charge >= 0.3 is 0 Å². The molecule has 5 rings (SSSR count). The molecule has 3 heterocycles. The van der Waals surface area contributed by atoms with Crippen molar-refractivity contribution in [3.63, 3.8) is 0 Å². The lowest BCUT2D eigenvalue weighted by Gasteiger charge is -2.12. The van der Waals surface area contributed by atoms with Crippen LogP contribution in [0, 0.1) is 13.8 Å². The third-order valence-corrected chi connectivity index (χ3v) is 7.04. The first kappa shape index (κ1) is 23.6. The first-order chi connectivity index (χ1) is 17.3. The Morgan fingerprint density at radius 1 is 1.08 bits per heavy atom. The van der Waals surface area contributed by atoms with Crippen LogP contribution in [0.2, 0.25) is 0 Å². The Labute approximate surface area is 210 Å². The van der Waals surface area contributed by atoms with Crippen LogP contribution in [0.15, 0.2) is 58.5 Å². The summed E-state index contributed by atoms with van der Waals surface area (Å²) in [4.78, 5) is 41.6. The number of ketones is 2. The molecule has 0 saturated carbocycles. The minimum Gasteiger partial charge on any atom is -0.497 e. The number of benzene rings is 2. The molecule has 5 aromatic rings. The quantitative estimate of drug-likeness (QED) is 0.263. The summed E-state index contributed by atoms with van der Waals surface area (Å²) in [7, 11) is 1.56. The number of aromatic amines is 1. The van der Waals surface area contributed by atoms with Crippen LogP contribution in [0.5, 0.6) is 5.75 Å². The van der Waals surface area contributed by atoms with Gasteiger partial charge in [0.05, 0.1) is 35.1 Å². The molecule has 0 fully saturated rings. The van der Waals surface area contributed by atoms with Gasteiger partial charge < -0.3 is 9.72 Å². The molecular weight excluding hydrogens is 478 g/mol. The lowest BCUT2D eigenvalue weighted by atomic mass is 10.1. The van der Waals surface area contributed by atoms with Gasteiger partial charge in [0, 0.05) is 17.3 Å². The number of Topliss-reactive ketones (excluding diaryl/α,β-unsaturated/α-hetero) is 2. The largest absolute Gasteiger partial charge is 0.497 e. The van der Waals surface area contributed by atoms with E-state index in [1.54, 1.807) is 61.8 Å². The summed E-state index contributed by atoms with van der Waals surface area (Å²) >= 11 is 1.22. The fourth-order valence-electron chi connectivity index (χ4n) is 4.51. The number of thioether (sulfide) groups is 1. The number of H-pyrrole nitrogens is 1. The highest BCUT2D eigenvalue weighted by atomic mass is 32.2. The number of para-hydroxylation sites is 1. The zero-order valence-corrected chi connectivity index (χ0v) is 21.0. The van der Waals surface area contributed by atoms with Crippen LogP contribution < -0.4 is 10.3 Å². The first-order valence-electron chi connectivity index (χ1n) is 11.2. The second-order valence-corrected chi connectivity index (χ2v) is 9.31. The van der Waals surface area contributed by atoms with Crippen LogP contribution in [0.3, 0.4) is 0 Å². The van der Waals surface area contributed by atoms with Crippen LogP contribution in [0.4, 0.5) is 0 Å². The number of nitrogens with one attached hydrogen (secondary N) is 1. The standard InChI is InChI=1S/C26H23N5O4S/c1-14-22(16(3)32)15(2)27-23(14)21(33)13-36-26-29-28-25-30(17-8-7-9-18(12-17)35-4)24(34)19-10-5-6-11-20(19)31(25)26/h5-12,27H,13H2,1-4H3. The van der Waals surface area contributed by atoms with Crippen LogP contribution in [-0.2, 0) is 0 Å². The maximum Gasteiger partial charge on any atom is 0.267 e. The summed E-state index contributed by atoms with van der Waals surface area (Å²) in [6, 6.07) is 14.4. The number of ether oxygens (including phenoxy) is 1. The van der Waals surface area contributed by atoms with Crippen molar-refractivity contribution in [2.45, 2.75) is 25.9 Å². The Bertz CT molecular complexity index is 1730. The normalized spacial score (nSPS) is 11.3. The predicted octanol–water partition coefficient (Wildman–Crippen LogP) is 4.16. The zero-order valence-electron chi connectivity index (χ0n) is 20.2. The maximum absolute atomic E-state index is 13.5. The Morgan fingerprint density at radius 2 is 1.86 bits per heavy atom. The van der Waals surface area contributed by atoms with E-state index < -0.39 is 0 Å². The van der Waals surface area contributed by atoms with E-state index in [1.165, 1.54) is 23.3 Å². The van der Waals surface area contributed by atoms with Crippen LogP contribution in [-0.4, -0.2) is 48.6 Å². The van der Waals surface area contributed by atoms with Gasteiger partial charge in [-0.15, -0.1) is 10.2 Å². The lowest BCUT2D eigenvalue weighted by molar-refractivity contribution is 0.101. The SMILES string of the molecule is COc1cccc(-n2c(=O)c3ccccc3n3c(SCC(=O)c4[nH]c(C)c(C(C)=O)c4C)nnc23)c1. The number of nitrogens with zero attached hydrogens (tertiary/aromatic N) is 4. The number of hydrogen-bond donors (Lipinski definition) is 1. The highest BCUT2D eigenvalue weighted by molar-refractivity contribution is 7.99. The third kappa shape index (κ3) is 3.79. The molecule has 0 atom stereocenters. The van der Waals surface area contributed by atoms with Crippen molar-refractivity contribution < 1.29 is 14.3 Å². The minimum atomic E-state index is -0.236. The van der Waals surface area contributed by atoms with Crippen molar-refractivity contribution in [1.82, 2.24) is 24.1 Å². The molecule has 0 radical (unpaired) electrons. The molecule has 182 valence electrons. The molecule has 3 aromatic heterocycles. The van der Waals surface area contributed by atoms with Gasteiger partial charge in [-0.1, -0.05) is 30.0 Å². The van der Waals surface area contributed by atoms with Gasteiger partial charge in [-0.05, 0) is 50.6 Å². The monoisotopic (exact) mass is 501 g/mol. The molecular formula is C26H23N5O4S. The first-order valence-corrected chi connectivity index (χ1v) is 12.2. The number of aryl methyl sites for hydroxylation is 1. The van der Waals surface area contributed by atoms with Crippen molar-refractivity contribution >= 4 is 40.0 Å². The summed E-state index contributed by atoms with van der Waals surface area (Å²) in [5.74, 6) is 0.763. The van der Waals surface area contributed by atoms with Crippen molar-refractivity contribution in [3.8, 4) is 11.4 Å². The van der Waals surface area contributed by atoms with E-state index in [-0.39, 0.29) is 22.9 Å². The molecule has 2 aromatic carbocycles. The van der Waals surface area contributed by atoms with Crippen LogP contribution in [0.25, 0.3) is 22.4 Å². The van der Waals surface area contributed by atoms with Gasteiger partial charge in [0.25, 0.3) is 5.56 Å². The molecule has 1 N–H and O–H groups in total. The molecule has 0 spiro atoms. The van der Waals surface area contributed by atoms with E-state index in [0.717, 1.165) is 0 Å². The van der Waals surface area contributed by atoms with Gasteiger partial charge in [-0.3, -0.25) is 18.8 Å². The smallest absolute Gasteiger partial charge is 0.267 e. The van der Waals surface area contributed by atoms with E-state index in [9.17, 15) is 14.4 Å². The summed E-state index contributed by atoms with van der Waals surface area (Å²) in [6.07, 6.45) is 0. The van der Waals surface area contributed by atoms with Gasteiger partial charge in [0.2, 0.25) is 5.78 Å². The molecule has 0 unspecified atom stereocenters. The molecule has 0 bridgehead atoms. The molecule has 0 aliphatic heterocycles.